The van der Waals surface area contributed by atoms with Crippen molar-refractivity contribution < 1.29 is 9.47 Å². The Morgan fingerprint density at radius 3 is 2.56 bits per heavy atom. The van der Waals surface area contributed by atoms with E-state index in [1.807, 2.05) is 19.1 Å². The Morgan fingerprint density at radius 1 is 1.07 bits per heavy atom. The van der Waals surface area contributed by atoms with Gasteiger partial charge >= 0.3 is 0 Å². The SMILES string of the molecule is CCOCc1ccccc1CNC(=NC)NCCc1ccc(C)c(OC)c1. The lowest BCUT2D eigenvalue weighted by molar-refractivity contribution is 0.133. The van der Waals surface area contributed by atoms with Crippen LogP contribution in [0.25, 0.3) is 0 Å². The van der Waals surface area contributed by atoms with E-state index in [4.69, 9.17) is 9.47 Å². The maximum Gasteiger partial charge on any atom is 0.191 e. The Bertz CT molecular complexity index is 744. The van der Waals surface area contributed by atoms with Gasteiger partial charge in [0.15, 0.2) is 5.96 Å². The third kappa shape index (κ3) is 6.61. The maximum absolute atomic E-state index is 5.55. The summed E-state index contributed by atoms with van der Waals surface area (Å²) in [7, 11) is 3.50. The molecule has 0 saturated carbocycles. The van der Waals surface area contributed by atoms with Crippen LogP contribution in [0.4, 0.5) is 0 Å². The zero-order valence-corrected chi connectivity index (χ0v) is 16.8. The lowest BCUT2D eigenvalue weighted by Gasteiger charge is -2.14. The molecule has 0 aromatic heterocycles. The maximum atomic E-state index is 5.55. The minimum atomic E-state index is 0.635. The monoisotopic (exact) mass is 369 g/mol. The van der Waals surface area contributed by atoms with Crippen LogP contribution in [-0.2, 0) is 24.3 Å². The van der Waals surface area contributed by atoms with Gasteiger partial charge in [0, 0.05) is 26.7 Å². The van der Waals surface area contributed by atoms with Gasteiger partial charge in [0.1, 0.15) is 5.75 Å². The second-order valence-electron chi connectivity index (χ2n) is 6.31. The fourth-order valence-electron chi connectivity index (χ4n) is 2.83. The van der Waals surface area contributed by atoms with E-state index in [-0.39, 0.29) is 0 Å². The fraction of sp³-hybridized carbons (Fsp3) is 0.409. The molecule has 2 N–H and O–H groups in total. The van der Waals surface area contributed by atoms with Gasteiger partial charge in [-0.15, -0.1) is 0 Å². The number of hydrogen-bond acceptors (Lipinski definition) is 3. The number of hydrogen-bond donors (Lipinski definition) is 2. The second kappa shape index (κ2) is 11.2. The number of ether oxygens (including phenoxy) is 2. The van der Waals surface area contributed by atoms with Gasteiger partial charge in [-0.05, 0) is 48.6 Å². The van der Waals surface area contributed by atoms with Gasteiger partial charge in [-0.25, -0.2) is 0 Å². The van der Waals surface area contributed by atoms with Crippen LogP contribution in [0.1, 0.15) is 29.2 Å². The number of guanidine groups is 1. The average Bonchev–Trinajstić information content (AvgIpc) is 2.70. The molecule has 2 rings (SSSR count). The molecule has 0 radical (unpaired) electrons. The van der Waals surface area contributed by atoms with Crippen molar-refractivity contribution in [3.63, 3.8) is 0 Å². The van der Waals surface area contributed by atoms with Crippen LogP contribution in [0.5, 0.6) is 5.75 Å². The van der Waals surface area contributed by atoms with E-state index >= 15 is 0 Å². The molecule has 0 heterocycles. The van der Waals surface area contributed by atoms with E-state index in [1.54, 1.807) is 14.2 Å². The summed E-state index contributed by atoms with van der Waals surface area (Å²) >= 11 is 0. The summed E-state index contributed by atoms with van der Waals surface area (Å²) in [6.45, 7) is 6.92. The lowest BCUT2D eigenvalue weighted by Crippen LogP contribution is -2.38. The number of nitrogens with one attached hydrogen (secondary N) is 2. The van der Waals surface area contributed by atoms with Crippen LogP contribution in [0.15, 0.2) is 47.5 Å². The van der Waals surface area contributed by atoms with Gasteiger partial charge in [-0.2, -0.15) is 0 Å². The van der Waals surface area contributed by atoms with Crippen molar-refractivity contribution in [2.24, 2.45) is 4.99 Å². The van der Waals surface area contributed by atoms with Crippen molar-refractivity contribution in [2.75, 3.05) is 27.3 Å². The molecule has 0 aliphatic carbocycles. The van der Waals surface area contributed by atoms with Gasteiger partial charge in [-0.3, -0.25) is 4.99 Å². The Hall–Kier alpha value is -2.53. The summed E-state index contributed by atoms with van der Waals surface area (Å²) in [6.07, 6.45) is 0.901. The average molecular weight is 370 g/mol. The molecule has 5 heteroatoms. The first kappa shape index (κ1) is 20.8. The highest BCUT2D eigenvalue weighted by Gasteiger charge is 2.04. The Balaban J connectivity index is 1.84. The van der Waals surface area contributed by atoms with Crippen molar-refractivity contribution in [3.8, 4) is 5.75 Å². The van der Waals surface area contributed by atoms with Gasteiger partial charge in [-0.1, -0.05) is 36.4 Å². The molecule has 0 atom stereocenters. The van der Waals surface area contributed by atoms with Crippen LogP contribution >= 0.6 is 0 Å². The highest BCUT2D eigenvalue weighted by molar-refractivity contribution is 5.79. The van der Waals surface area contributed by atoms with Gasteiger partial charge in [0.25, 0.3) is 0 Å². The van der Waals surface area contributed by atoms with E-state index in [2.05, 4.69) is 52.9 Å². The van der Waals surface area contributed by atoms with Gasteiger partial charge in [0.2, 0.25) is 0 Å². The molecule has 5 nitrogen and oxygen atoms in total. The van der Waals surface area contributed by atoms with E-state index in [1.165, 1.54) is 16.7 Å². The third-order valence-corrected chi connectivity index (χ3v) is 4.43. The van der Waals surface area contributed by atoms with Crippen molar-refractivity contribution in [3.05, 3.63) is 64.7 Å². The minimum absolute atomic E-state index is 0.635. The molecular weight excluding hydrogens is 338 g/mol. The molecule has 0 aliphatic rings. The van der Waals surface area contributed by atoms with E-state index in [0.717, 1.165) is 36.8 Å². The first-order valence-electron chi connectivity index (χ1n) is 9.40. The molecule has 0 unspecified atom stereocenters. The van der Waals surface area contributed by atoms with E-state index in [9.17, 15) is 0 Å². The first-order chi connectivity index (χ1) is 13.2. The minimum Gasteiger partial charge on any atom is -0.496 e. The fourth-order valence-corrected chi connectivity index (χ4v) is 2.83. The Morgan fingerprint density at radius 2 is 1.85 bits per heavy atom. The molecule has 0 spiro atoms. The number of benzene rings is 2. The van der Waals surface area contributed by atoms with Crippen molar-refractivity contribution >= 4 is 5.96 Å². The molecule has 0 amide bonds. The molecule has 27 heavy (non-hydrogen) atoms. The molecule has 0 bridgehead atoms. The van der Waals surface area contributed by atoms with Crippen LogP contribution in [-0.4, -0.2) is 33.3 Å². The molecule has 0 saturated heterocycles. The quantitative estimate of drug-likeness (QED) is 0.525. The highest BCUT2D eigenvalue weighted by atomic mass is 16.5. The smallest absolute Gasteiger partial charge is 0.191 e. The molecule has 0 aliphatic heterocycles. The van der Waals surface area contributed by atoms with Crippen molar-refractivity contribution in [2.45, 2.75) is 33.4 Å². The normalized spacial score (nSPS) is 11.3. The van der Waals surface area contributed by atoms with Crippen LogP contribution in [0.2, 0.25) is 0 Å². The number of aryl methyl sites for hydroxylation is 1. The summed E-state index contributed by atoms with van der Waals surface area (Å²) < 4.78 is 10.9. The number of rotatable bonds is 9. The third-order valence-electron chi connectivity index (χ3n) is 4.43. The molecule has 2 aromatic rings. The first-order valence-corrected chi connectivity index (χ1v) is 9.40. The highest BCUT2D eigenvalue weighted by Crippen LogP contribution is 2.19. The number of nitrogens with zero attached hydrogens (tertiary/aromatic N) is 1. The Kier molecular flexibility index (Phi) is 8.65. The summed E-state index contributed by atoms with van der Waals surface area (Å²) in [6, 6.07) is 14.6. The second-order valence-corrected chi connectivity index (χ2v) is 6.31. The Labute approximate surface area is 162 Å². The number of aliphatic imine (C=N–C) groups is 1. The van der Waals surface area contributed by atoms with Gasteiger partial charge < -0.3 is 20.1 Å². The van der Waals surface area contributed by atoms with E-state index in [0.29, 0.717) is 13.2 Å². The number of methoxy groups -OCH3 is 1. The lowest BCUT2D eigenvalue weighted by atomic mass is 10.1. The summed E-state index contributed by atoms with van der Waals surface area (Å²) in [4.78, 5) is 4.31. The van der Waals surface area contributed by atoms with Crippen molar-refractivity contribution in [1.82, 2.24) is 10.6 Å². The van der Waals surface area contributed by atoms with Crippen molar-refractivity contribution in [1.29, 1.82) is 0 Å². The predicted molar refractivity (Wildman–Crippen MR) is 111 cm³/mol. The summed E-state index contributed by atoms with van der Waals surface area (Å²) in [5.74, 6) is 1.72. The standard InChI is InChI=1S/C22H31N3O2/c1-5-27-16-20-9-7-6-8-19(20)15-25-22(23-3)24-13-12-18-11-10-17(2)21(14-18)26-4/h6-11,14H,5,12-13,15-16H2,1-4H3,(H2,23,24,25). The zero-order chi connectivity index (χ0) is 19.5. The molecule has 2 aromatic carbocycles. The summed E-state index contributed by atoms with van der Waals surface area (Å²) in [5.41, 5.74) is 4.81. The zero-order valence-electron chi connectivity index (χ0n) is 16.8. The molecular formula is C22H31N3O2. The van der Waals surface area contributed by atoms with Crippen LogP contribution in [0, 0.1) is 6.92 Å². The topological polar surface area (TPSA) is 54.9 Å². The largest absolute Gasteiger partial charge is 0.496 e. The molecule has 0 fully saturated rings. The van der Waals surface area contributed by atoms with Crippen LogP contribution < -0.4 is 15.4 Å². The molecule has 146 valence electrons. The summed E-state index contributed by atoms with van der Waals surface area (Å²) in [5, 5.41) is 6.75. The van der Waals surface area contributed by atoms with Crippen LogP contribution in [0.3, 0.4) is 0 Å². The van der Waals surface area contributed by atoms with Gasteiger partial charge in [0.05, 0.1) is 13.7 Å². The van der Waals surface area contributed by atoms with E-state index < -0.39 is 0 Å². The predicted octanol–water partition coefficient (Wildman–Crippen LogP) is 3.45.